The van der Waals surface area contributed by atoms with Crippen molar-refractivity contribution in [3.05, 3.63) is 55.6 Å². The van der Waals surface area contributed by atoms with Crippen molar-refractivity contribution in [1.29, 1.82) is 0 Å². The lowest BCUT2D eigenvalue weighted by Crippen LogP contribution is -1.95. The maximum absolute atomic E-state index is 5.92. The first-order valence-corrected chi connectivity index (χ1v) is 7.80. The molecule has 0 saturated carbocycles. The smallest absolute Gasteiger partial charge is 0.0447 e. The van der Waals surface area contributed by atoms with E-state index in [0.29, 0.717) is 4.83 Å². The minimum atomic E-state index is 0.314. The number of rotatable bonds is 3. The highest BCUT2D eigenvalue weighted by Gasteiger charge is 2.12. The predicted octanol–water partition coefficient (Wildman–Crippen LogP) is 5.84. The summed E-state index contributed by atoms with van der Waals surface area (Å²) in [5, 5.41) is 5.04. The molecule has 1 unspecified atom stereocenters. The first-order valence-electron chi connectivity index (χ1n) is 4.77. The fraction of sp³-hybridized carbons (Fsp3) is 0.167. The maximum Gasteiger partial charge on any atom is 0.0447 e. The minimum Gasteiger partial charge on any atom is -0.152 e. The van der Waals surface area contributed by atoms with Crippen LogP contribution in [-0.2, 0) is 6.42 Å². The van der Waals surface area contributed by atoms with E-state index in [4.69, 9.17) is 11.6 Å². The van der Waals surface area contributed by atoms with Gasteiger partial charge in [-0.1, -0.05) is 49.5 Å². The molecule has 0 saturated heterocycles. The van der Waals surface area contributed by atoms with Crippen molar-refractivity contribution >= 4 is 54.8 Å². The molecule has 0 N–H and O–H groups in total. The molecule has 0 aliphatic heterocycles. The van der Waals surface area contributed by atoms with E-state index in [9.17, 15) is 0 Å². The summed E-state index contributed by atoms with van der Waals surface area (Å²) < 4.78 is 1.05. The zero-order chi connectivity index (χ0) is 11.5. The molecule has 0 spiro atoms. The maximum atomic E-state index is 5.92. The number of hydrogen-bond acceptors (Lipinski definition) is 1. The van der Waals surface area contributed by atoms with Gasteiger partial charge in [-0.05, 0) is 46.5 Å². The number of hydrogen-bond donors (Lipinski definition) is 0. The lowest BCUT2D eigenvalue weighted by molar-refractivity contribution is 0.949. The number of halogens is 3. The highest BCUT2D eigenvalue weighted by molar-refractivity contribution is 9.11. The largest absolute Gasteiger partial charge is 0.152 e. The van der Waals surface area contributed by atoms with E-state index in [0.717, 1.165) is 15.9 Å². The van der Waals surface area contributed by atoms with Gasteiger partial charge in [0, 0.05) is 14.3 Å². The van der Waals surface area contributed by atoms with Gasteiger partial charge >= 0.3 is 0 Å². The van der Waals surface area contributed by atoms with Gasteiger partial charge in [-0.3, -0.25) is 0 Å². The SMILES string of the molecule is Clc1ccc(C(Br)Cc2ccsc2)c(Br)c1. The van der Waals surface area contributed by atoms with E-state index in [-0.39, 0.29) is 0 Å². The second-order valence-electron chi connectivity index (χ2n) is 3.47. The van der Waals surface area contributed by atoms with Crippen LogP contribution in [0, 0.1) is 0 Å². The van der Waals surface area contributed by atoms with Crippen molar-refractivity contribution in [2.75, 3.05) is 0 Å². The quantitative estimate of drug-likeness (QED) is 0.587. The van der Waals surface area contributed by atoms with Crippen molar-refractivity contribution in [2.24, 2.45) is 0 Å². The van der Waals surface area contributed by atoms with Crippen molar-refractivity contribution in [1.82, 2.24) is 0 Å². The summed E-state index contributed by atoms with van der Waals surface area (Å²) in [7, 11) is 0. The summed E-state index contributed by atoms with van der Waals surface area (Å²) in [6.45, 7) is 0. The average Bonchev–Trinajstić information content (AvgIpc) is 2.70. The van der Waals surface area contributed by atoms with Gasteiger partial charge in [0.2, 0.25) is 0 Å². The monoisotopic (exact) mass is 378 g/mol. The Morgan fingerprint density at radius 2 is 2.12 bits per heavy atom. The van der Waals surface area contributed by atoms with E-state index >= 15 is 0 Å². The highest BCUT2D eigenvalue weighted by Crippen LogP contribution is 2.34. The number of benzene rings is 1. The van der Waals surface area contributed by atoms with E-state index in [1.54, 1.807) is 11.3 Å². The summed E-state index contributed by atoms with van der Waals surface area (Å²) in [5.41, 5.74) is 2.59. The fourth-order valence-electron chi connectivity index (χ4n) is 1.48. The van der Waals surface area contributed by atoms with Gasteiger partial charge in [0.05, 0.1) is 0 Å². The van der Waals surface area contributed by atoms with Gasteiger partial charge < -0.3 is 0 Å². The zero-order valence-corrected chi connectivity index (χ0v) is 13.0. The topological polar surface area (TPSA) is 0 Å². The molecule has 2 rings (SSSR count). The van der Waals surface area contributed by atoms with Crippen LogP contribution in [-0.4, -0.2) is 0 Å². The predicted molar refractivity (Wildman–Crippen MR) is 78.8 cm³/mol. The van der Waals surface area contributed by atoms with Crippen LogP contribution in [0.15, 0.2) is 39.5 Å². The summed E-state index contributed by atoms with van der Waals surface area (Å²) in [4.78, 5) is 0.314. The molecule has 0 nitrogen and oxygen atoms in total. The molecule has 16 heavy (non-hydrogen) atoms. The Balaban J connectivity index is 2.17. The van der Waals surface area contributed by atoms with E-state index < -0.39 is 0 Å². The van der Waals surface area contributed by atoms with E-state index in [1.807, 2.05) is 12.1 Å². The molecule has 0 radical (unpaired) electrons. The summed E-state index contributed by atoms with van der Waals surface area (Å²) in [6.07, 6.45) is 0.990. The van der Waals surface area contributed by atoms with Gasteiger partial charge in [-0.15, -0.1) is 0 Å². The second-order valence-corrected chi connectivity index (χ2v) is 6.65. The Morgan fingerprint density at radius 3 is 2.75 bits per heavy atom. The molecule has 0 bridgehead atoms. The van der Waals surface area contributed by atoms with Crippen LogP contribution in [0.5, 0.6) is 0 Å². The third-order valence-electron chi connectivity index (χ3n) is 2.29. The van der Waals surface area contributed by atoms with Gasteiger partial charge in [0.1, 0.15) is 0 Å². The summed E-state index contributed by atoms with van der Waals surface area (Å²) in [6, 6.07) is 8.06. The first kappa shape index (κ1) is 12.6. The van der Waals surface area contributed by atoms with Crippen LogP contribution in [0.1, 0.15) is 16.0 Å². The number of alkyl halides is 1. The van der Waals surface area contributed by atoms with Gasteiger partial charge in [0.15, 0.2) is 0 Å². The molecule has 2 aromatic rings. The lowest BCUT2D eigenvalue weighted by Gasteiger charge is -2.11. The number of thiophene rings is 1. The Kier molecular flexibility index (Phi) is 4.48. The summed E-state index contributed by atoms with van der Waals surface area (Å²) in [5.74, 6) is 0. The molecule has 4 heteroatoms. The molecule has 0 fully saturated rings. The van der Waals surface area contributed by atoms with Crippen molar-refractivity contribution in [2.45, 2.75) is 11.2 Å². The molecule has 0 aliphatic rings. The fourth-order valence-corrected chi connectivity index (χ4v) is 4.20. The van der Waals surface area contributed by atoms with Crippen LogP contribution < -0.4 is 0 Å². The molecule has 84 valence electrons. The van der Waals surface area contributed by atoms with E-state index in [2.05, 4.69) is 54.8 Å². The minimum absolute atomic E-state index is 0.314. The molecular weight excluding hydrogens is 371 g/mol. The zero-order valence-electron chi connectivity index (χ0n) is 8.29. The van der Waals surface area contributed by atoms with Crippen LogP contribution in [0.3, 0.4) is 0 Å². The van der Waals surface area contributed by atoms with Crippen LogP contribution >= 0.6 is 54.8 Å². The van der Waals surface area contributed by atoms with Crippen molar-refractivity contribution in [3.63, 3.8) is 0 Å². The molecule has 1 atom stereocenters. The van der Waals surface area contributed by atoms with Gasteiger partial charge in [-0.2, -0.15) is 11.3 Å². The van der Waals surface area contributed by atoms with Crippen molar-refractivity contribution in [3.8, 4) is 0 Å². The molecule has 0 amide bonds. The standard InChI is InChI=1S/C12H9Br2ClS/c13-11(5-8-3-4-16-7-8)10-2-1-9(15)6-12(10)14/h1-4,6-7,11H,5H2. The Hall–Kier alpha value is 0.170. The molecule has 0 aliphatic carbocycles. The van der Waals surface area contributed by atoms with Crippen LogP contribution in [0.25, 0.3) is 0 Å². The molecule has 1 aromatic heterocycles. The normalized spacial score (nSPS) is 12.7. The van der Waals surface area contributed by atoms with Crippen LogP contribution in [0.4, 0.5) is 0 Å². The highest BCUT2D eigenvalue weighted by atomic mass is 79.9. The van der Waals surface area contributed by atoms with Gasteiger partial charge in [-0.25, -0.2) is 0 Å². The lowest BCUT2D eigenvalue weighted by atomic mass is 10.1. The van der Waals surface area contributed by atoms with Crippen LogP contribution in [0.2, 0.25) is 5.02 Å². The Labute approximate surface area is 121 Å². The second kappa shape index (κ2) is 5.67. The Morgan fingerprint density at radius 1 is 1.31 bits per heavy atom. The third-order valence-corrected chi connectivity index (χ3v) is 4.77. The van der Waals surface area contributed by atoms with Gasteiger partial charge in [0.25, 0.3) is 0 Å². The average molecular weight is 381 g/mol. The third kappa shape index (κ3) is 3.10. The Bertz CT molecular complexity index is 468. The van der Waals surface area contributed by atoms with E-state index in [1.165, 1.54) is 11.1 Å². The first-order chi connectivity index (χ1) is 7.66. The van der Waals surface area contributed by atoms with Crippen molar-refractivity contribution < 1.29 is 0 Å². The molecule has 1 aromatic carbocycles. The molecular formula is C12H9Br2ClS. The summed E-state index contributed by atoms with van der Waals surface area (Å²) >= 11 is 14.9. The molecule has 1 heterocycles.